The molecule has 266 valence electrons. The number of anilines is 1. The zero-order valence-electron chi connectivity index (χ0n) is 30.7. The quantitative estimate of drug-likeness (QED) is 0.0532. The SMILES string of the molecule is CCCCC(CCCC)c1cc[n+](CCOCc2ccc(Cc3ccccc3)cc2NNC(=O)C(=O)NC2CC(C)(C)NC(C)(C)C2)cc1. The lowest BCUT2D eigenvalue weighted by molar-refractivity contribution is -0.698. The summed E-state index contributed by atoms with van der Waals surface area (Å²) in [5, 5.41) is 6.56. The van der Waals surface area contributed by atoms with Gasteiger partial charge in [-0.2, -0.15) is 0 Å². The van der Waals surface area contributed by atoms with Crippen LogP contribution in [0.3, 0.4) is 0 Å². The summed E-state index contributed by atoms with van der Waals surface area (Å²) in [6.45, 7) is 14.7. The monoisotopic (exact) mass is 670 g/mol. The van der Waals surface area contributed by atoms with Gasteiger partial charge in [0.2, 0.25) is 0 Å². The van der Waals surface area contributed by atoms with E-state index in [-0.39, 0.29) is 17.1 Å². The van der Waals surface area contributed by atoms with Crippen molar-refractivity contribution in [2.24, 2.45) is 0 Å². The summed E-state index contributed by atoms with van der Waals surface area (Å²) in [7, 11) is 0. The molecule has 1 aliphatic rings. The highest BCUT2D eigenvalue weighted by Gasteiger charge is 2.38. The number of unbranched alkanes of at least 4 members (excludes halogenated alkanes) is 2. The molecule has 0 aliphatic carbocycles. The van der Waals surface area contributed by atoms with Crippen LogP contribution in [-0.2, 0) is 33.9 Å². The summed E-state index contributed by atoms with van der Waals surface area (Å²) in [5.74, 6) is -0.729. The van der Waals surface area contributed by atoms with E-state index in [4.69, 9.17) is 4.74 Å². The first kappa shape index (κ1) is 38.1. The Morgan fingerprint density at radius 1 is 0.878 bits per heavy atom. The van der Waals surface area contributed by atoms with Gasteiger partial charge in [0, 0.05) is 34.8 Å². The molecule has 0 spiro atoms. The predicted octanol–water partition coefficient (Wildman–Crippen LogP) is 7.11. The first-order valence-corrected chi connectivity index (χ1v) is 18.4. The van der Waals surface area contributed by atoms with Crippen LogP contribution >= 0.6 is 0 Å². The number of benzene rings is 2. The fraction of sp³-hybridized carbons (Fsp3) is 0.537. The number of hydrogen-bond acceptors (Lipinski definition) is 5. The number of amides is 2. The third-order valence-corrected chi connectivity index (χ3v) is 9.42. The first-order valence-electron chi connectivity index (χ1n) is 18.4. The normalized spacial score (nSPS) is 15.6. The summed E-state index contributed by atoms with van der Waals surface area (Å²) >= 11 is 0. The molecule has 0 unspecified atom stereocenters. The summed E-state index contributed by atoms with van der Waals surface area (Å²) in [6, 6.07) is 20.8. The topological polar surface area (TPSA) is 95.4 Å². The van der Waals surface area contributed by atoms with Crippen LogP contribution in [0.15, 0.2) is 73.1 Å². The number of carbonyl (C=O) groups excluding carboxylic acids is 2. The fourth-order valence-corrected chi connectivity index (χ4v) is 7.28. The fourth-order valence-electron chi connectivity index (χ4n) is 7.28. The minimum Gasteiger partial charge on any atom is -0.370 e. The van der Waals surface area contributed by atoms with Gasteiger partial charge in [-0.05, 0) is 88.5 Å². The molecular formula is C41H60N5O3+. The Morgan fingerprint density at radius 3 is 2.16 bits per heavy atom. The first-order chi connectivity index (χ1) is 23.5. The van der Waals surface area contributed by atoms with Gasteiger partial charge in [0.1, 0.15) is 6.61 Å². The van der Waals surface area contributed by atoms with Crippen LogP contribution in [0, 0.1) is 0 Å². The molecule has 8 heteroatoms. The Morgan fingerprint density at radius 2 is 1.53 bits per heavy atom. The molecule has 1 fully saturated rings. The van der Waals surface area contributed by atoms with Gasteiger partial charge in [-0.25, -0.2) is 4.57 Å². The van der Waals surface area contributed by atoms with Crippen molar-refractivity contribution in [2.75, 3.05) is 12.0 Å². The lowest BCUT2D eigenvalue weighted by Crippen LogP contribution is -2.63. The molecule has 2 amide bonds. The van der Waals surface area contributed by atoms with Crippen LogP contribution in [0.2, 0.25) is 0 Å². The third kappa shape index (κ3) is 12.6. The van der Waals surface area contributed by atoms with Crippen molar-refractivity contribution >= 4 is 17.5 Å². The minimum absolute atomic E-state index is 0.0970. The molecule has 0 atom stereocenters. The number of pyridine rings is 1. The lowest BCUT2D eigenvalue weighted by Gasteiger charge is -2.46. The second-order valence-electron chi connectivity index (χ2n) is 15.1. The Hall–Kier alpha value is -3.75. The number of aromatic nitrogens is 1. The molecule has 4 rings (SSSR count). The average Bonchev–Trinajstić information content (AvgIpc) is 3.05. The average molecular weight is 671 g/mol. The van der Waals surface area contributed by atoms with Gasteiger partial charge in [0.15, 0.2) is 18.9 Å². The van der Waals surface area contributed by atoms with Crippen molar-refractivity contribution < 1.29 is 18.9 Å². The second-order valence-corrected chi connectivity index (χ2v) is 15.1. The van der Waals surface area contributed by atoms with Crippen molar-refractivity contribution in [3.8, 4) is 0 Å². The number of hydrogen-bond donors (Lipinski definition) is 4. The van der Waals surface area contributed by atoms with Crippen molar-refractivity contribution in [1.82, 2.24) is 16.1 Å². The van der Waals surface area contributed by atoms with E-state index in [9.17, 15) is 9.59 Å². The Bertz CT molecular complexity index is 1450. The number of piperidine rings is 1. The Labute approximate surface area is 294 Å². The largest absolute Gasteiger partial charge is 0.370 e. The number of rotatable bonds is 17. The third-order valence-electron chi connectivity index (χ3n) is 9.42. The molecular weight excluding hydrogens is 610 g/mol. The van der Waals surface area contributed by atoms with E-state index in [1.54, 1.807) is 0 Å². The molecule has 49 heavy (non-hydrogen) atoms. The van der Waals surface area contributed by atoms with Crippen LogP contribution < -0.4 is 26.1 Å². The van der Waals surface area contributed by atoms with E-state index < -0.39 is 11.8 Å². The van der Waals surface area contributed by atoms with E-state index in [0.29, 0.717) is 24.8 Å². The van der Waals surface area contributed by atoms with Crippen molar-refractivity contribution in [3.63, 3.8) is 0 Å². The summed E-state index contributed by atoms with van der Waals surface area (Å²) in [5.41, 5.74) is 10.7. The number of carbonyl (C=O) groups is 2. The van der Waals surface area contributed by atoms with Gasteiger partial charge in [0.05, 0.1) is 12.3 Å². The van der Waals surface area contributed by atoms with Gasteiger partial charge in [-0.1, -0.05) is 82.0 Å². The zero-order valence-corrected chi connectivity index (χ0v) is 30.7. The molecule has 1 aliphatic heterocycles. The predicted molar refractivity (Wildman–Crippen MR) is 198 cm³/mol. The summed E-state index contributed by atoms with van der Waals surface area (Å²) in [4.78, 5) is 25.9. The molecule has 3 aromatic rings. The minimum atomic E-state index is -0.721. The highest BCUT2D eigenvalue weighted by molar-refractivity contribution is 6.35. The van der Waals surface area contributed by atoms with Crippen LogP contribution in [-0.4, -0.2) is 35.5 Å². The van der Waals surface area contributed by atoms with Gasteiger partial charge < -0.3 is 15.4 Å². The van der Waals surface area contributed by atoms with Crippen molar-refractivity contribution in [1.29, 1.82) is 0 Å². The van der Waals surface area contributed by atoms with E-state index in [1.807, 2.05) is 30.3 Å². The number of hydrazine groups is 1. The van der Waals surface area contributed by atoms with E-state index in [1.165, 1.54) is 49.7 Å². The van der Waals surface area contributed by atoms with Gasteiger partial charge in [-0.3, -0.25) is 20.4 Å². The number of nitrogens with zero attached hydrogens (tertiary/aromatic N) is 1. The van der Waals surface area contributed by atoms with Crippen LogP contribution in [0.5, 0.6) is 0 Å². The molecule has 1 saturated heterocycles. The molecule has 4 N–H and O–H groups in total. The second kappa shape index (κ2) is 18.3. The maximum atomic E-state index is 13.0. The number of nitrogens with one attached hydrogen (secondary N) is 4. The van der Waals surface area contributed by atoms with Gasteiger partial charge in [0.25, 0.3) is 0 Å². The van der Waals surface area contributed by atoms with Gasteiger partial charge in [-0.15, -0.1) is 0 Å². The molecule has 1 aromatic heterocycles. The van der Waals surface area contributed by atoms with Crippen molar-refractivity contribution in [3.05, 3.63) is 95.3 Å². The lowest BCUT2D eigenvalue weighted by atomic mass is 9.79. The molecule has 8 nitrogen and oxygen atoms in total. The van der Waals surface area contributed by atoms with Crippen LogP contribution in [0.1, 0.15) is 121 Å². The van der Waals surface area contributed by atoms with E-state index in [0.717, 1.165) is 36.9 Å². The maximum Gasteiger partial charge on any atom is 0.327 e. The molecule has 0 radical (unpaired) electrons. The van der Waals surface area contributed by atoms with E-state index >= 15 is 0 Å². The van der Waals surface area contributed by atoms with Crippen LogP contribution in [0.25, 0.3) is 0 Å². The highest BCUT2D eigenvalue weighted by Crippen LogP contribution is 2.29. The smallest absolute Gasteiger partial charge is 0.327 e. The molecule has 2 heterocycles. The summed E-state index contributed by atoms with van der Waals surface area (Å²) in [6.07, 6.45) is 14.1. The van der Waals surface area contributed by atoms with Crippen molar-refractivity contribution in [2.45, 2.75) is 136 Å². The van der Waals surface area contributed by atoms with Gasteiger partial charge >= 0.3 is 11.8 Å². The molecule has 0 saturated carbocycles. The van der Waals surface area contributed by atoms with E-state index in [2.05, 4.69) is 110 Å². The standard InChI is InChI=1S/C41H59N5O3/c1-7-9-16-33(17-10-8-2)34-20-22-46(23-21-34)24-25-49-30-35-19-18-32(26-31-14-12-11-13-15-31)27-37(35)43-44-39(48)38(47)42-36-28-40(3,4)45-41(5,6)29-36/h11-15,18-23,27,33,36,45H,7-10,16-17,24-26,28-30H2,1-6H3,(H2-,42,43,44,47,48)/p+1. The zero-order chi connectivity index (χ0) is 35.3. The summed E-state index contributed by atoms with van der Waals surface area (Å²) < 4.78 is 8.31. The Balaban J connectivity index is 1.35. The number of ether oxygens (including phenoxy) is 1. The van der Waals surface area contributed by atoms with Crippen LogP contribution in [0.4, 0.5) is 5.69 Å². The molecule has 2 aromatic carbocycles. The maximum absolute atomic E-state index is 13.0. The molecule has 0 bridgehead atoms. The highest BCUT2D eigenvalue weighted by atomic mass is 16.5. The Kier molecular flexibility index (Phi) is 14.2.